The summed E-state index contributed by atoms with van der Waals surface area (Å²) < 4.78 is 9.62. The minimum absolute atomic E-state index is 0.257. The van der Waals surface area contributed by atoms with Gasteiger partial charge < -0.3 is 9.47 Å². The maximum absolute atomic E-state index is 11.6. The molecule has 0 aromatic carbocycles. The van der Waals surface area contributed by atoms with Crippen LogP contribution in [0.1, 0.15) is 26.7 Å². The van der Waals surface area contributed by atoms with Crippen LogP contribution in [-0.2, 0) is 19.1 Å². The molecule has 0 radical (unpaired) electrons. The number of unbranched alkanes of at least 4 members (excludes halogenated alkanes) is 1. The van der Waals surface area contributed by atoms with Gasteiger partial charge in [-0.15, -0.1) is 24.1 Å². The predicted molar refractivity (Wildman–Crippen MR) is 71.9 cm³/mol. The molecule has 18 heavy (non-hydrogen) atoms. The number of thioether (sulfide) groups is 1. The third-order valence-corrected chi connectivity index (χ3v) is 2.82. The zero-order valence-corrected chi connectivity index (χ0v) is 11.5. The number of terminal acetylenes is 1. The van der Waals surface area contributed by atoms with Crippen molar-refractivity contribution in [2.24, 2.45) is 0 Å². The van der Waals surface area contributed by atoms with E-state index in [1.54, 1.807) is 13.8 Å². The highest BCUT2D eigenvalue weighted by molar-refractivity contribution is 8.04. The molecule has 0 aromatic heterocycles. The highest BCUT2D eigenvalue weighted by atomic mass is 32.2. The van der Waals surface area contributed by atoms with Crippen molar-refractivity contribution in [2.75, 3.05) is 19.0 Å². The van der Waals surface area contributed by atoms with Gasteiger partial charge in [-0.2, -0.15) is 0 Å². The van der Waals surface area contributed by atoms with Gasteiger partial charge in [-0.1, -0.05) is 0 Å². The molecule has 0 N–H and O–H groups in total. The van der Waals surface area contributed by atoms with Crippen molar-refractivity contribution >= 4 is 23.7 Å². The van der Waals surface area contributed by atoms with E-state index in [9.17, 15) is 9.59 Å². The lowest BCUT2D eigenvalue weighted by Gasteiger charge is -2.06. The summed E-state index contributed by atoms with van der Waals surface area (Å²) in [6.45, 7) is 3.95. The SMILES string of the molecule is C#CCCCS/C(=C/C(=O)OCC)C(=O)OCC. The van der Waals surface area contributed by atoms with E-state index in [0.29, 0.717) is 12.2 Å². The summed E-state index contributed by atoms with van der Waals surface area (Å²) in [4.78, 5) is 23.1. The number of ether oxygens (including phenoxy) is 2. The fraction of sp³-hybridized carbons (Fsp3) is 0.538. The molecule has 0 aliphatic heterocycles. The summed E-state index contributed by atoms with van der Waals surface area (Å²) in [6.07, 6.45) is 7.72. The highest BCUT2D eigenvalue weighted by Crippen LogP contribution is 2.19. The van der Waals surface area contributed by atoms with E-state index in [-0.39, 0.29) is 18.1 Å². The van der Waals surface area contributed by atoms with E-state index in [1.165, 1.54) is 17.8 Å². The van der Waals surface area contributed by atoms with Gasteiger partial charge in [0.1, 0.15) is 0 Å². The zero-order valence-electron chi connectivity index (χ0n) is 10.7. The molecule has 0 atom stereocenters. The smallest absolute Gasteiger partial charge is 0.344 e. The van der Waals surface area contributed by atoms with Gasteiger partial charge >= 0.3 is 11.9 Å². The fourth-order valence-electron chi connectivity index (χ4n) is 1.01. The minimum Gasteiger partial charge on any atom is -0.463 e. The molecule has 0 bridgehead atoms. The summed E-state index contributed by atoms with van der Waals surface area (Å²) in [5.41, 5.74) is 0. The van der Waals surface area contributed by atoms with Crippen LogP contribution in [0.5, 0.6) is 0 Å². The molecule has 0 aromatic rings. The Balaban J connectivity index is 4.47. The molecule has 0 amide bonds. The second-order valence-electron chi connectivity index (χ2n) is 3.14. The van der Waals surface area contributed by atoms with Crippen molar-refractivity contribution in [3.63, 3.8) is 0 Å². The van der Waals surface area contributed by atoms with Crippen LogP contribution in [0.3, 0.4) is 0 Å². The molecule has 0 spiro atoms. The number of esters is 2. The van der Waals surface area contributed by atoms with Gasteiger partial charge in [-0.3, -0.25) is 0 Å². The van der Waals surface area contributed by atoms with E-state index in [2.05, 4.69) is 5.92 Å². The number of carbonyl (C=O) groups excluding carboxylic acids is 2. The number of hydrogen-bond donors (Lipinski definition) is 0. The molecule has 0 heterocycles. The third kappa shape index (κ3) is 7.80. The second-order valence-corrected chi connectivity index (χ2v) is 4.27. The Morgan fingerprint density at radius 1 is 1.28 bits per heavy atom. The van der Waals surface area contributed by atoms with Gasteiger partial charge in [0.2, 0.25) is 0 Å². The summed E-state index contributed by atoms with van der Waals surface area (Å²) >= 11 is 1.25. The molecule has 0 fully saturated rings. The Labute approximate surface area is 112 Å². The van der Waals surface area contributed by atoms with Gasteiger partial charge in [0, 0.05) is 12.5 Å². The molecule has 0 saturated carbocycles. The van der Waals surface area contributed by atoms with E-state index in [1.807, 2.05) is 0 Å². The monoisotopic (exact) mass is 270 g/mol. The highest BCUT2D eigenvalue weighted by Gasteiger charge is 2.13. The first-order valence-corrected chi connectivity index (χ1v) is 6.76. The lowest BCUT2D eigenvalue weighted by Crippen LogP contribution is -2.09. The van der Waals surface area contributed by atoms with E-state index < -0.39 is 11.9 Å². The lowest BCUT2D eigenvalue weighted by molar-refractivity contribution is -0.140. The molecule has 0 unspecified atom stereocenters. The zero-order chi connectivity index (χ0) is 13.8. The maximum atomic E-state index is 11.6. The van der Waals surface area contributed by atoms with Crippen molar-refractivity contribution < 1.29 is 19.1 Å². The molecule has 0 rings (SSSR count). The average Bonchev–Trinajstić information content (AvgIpc) is 2.33. The van der Waals surface area contributed by atoms with Gasteiger partial charge in [-0.25, -0.2) is 9.59 Å². The largest absolute Gasteiger partial charge is 0.463 e. The number of hydrogen-bond acceptors (Lipinski definition) is 5. The van der Waals surface area contributed by atoms with Crippen LogP contribution in [0.2, 0.25) is 0 Å². The van der Waals surface area contributed by atoms with Crippen molar-refractivity contribution in [2.45, 2.75) is 26.7 Å². The van der Waals surface area contributed by atoms with E-state index >= 15 is 0 Å². The number of rotatable bonds is 8. The van der Waals surface area contributed by atoms with Crippen molar-refractivity contribution in [1.82, 2.24) is 0 Å². The topological polar surface area (TPSA) is 52.6 Å². The van der Waals surface area contributed by atoms with Crippen LogP contribution >= 0.6 is 11.8 Å². The molecule has 0 aliphatic rings. The van der Waals surface area contributed by atoms with Crippen LogP contribution in [0.25, 0.3) is 0 Å². The van der Waals surface area contributed by atoms with Crippen LogP contribution in [0, 0.1) is 12.3 Å². The maximum Gasteiger partial charge on any atom is 0.344 e. The van der Waals surface area contributed by atoms with Crippen LogP contribution in [0.15, 0.2) is 11.0 Å². The third-order valence-electron chi connectivity index (χ3n) is 1.74. The van der Waals surface area contributed by atoms with Crippen LogP contribution < -0.4 is 0 Å². The van der Waals surface area contributed by atoms with E-state index in [4.69, 9.17) is 15.9 Å². The van der Waals surface area contributed by atoms with Crippen LogP contribution in [0.4, 0.5) is 0 Å². The van der Waals surface area contributed by atoms with Gasteiger partial charge in [0.15, 0.2) is 0 Å². The second kappa shape index (κ2) is 10.7. The Morgan fingerprint density at radius 3 is 2.50 bits per heavy atom. The lowest BCUT2D eigenvalue weighted by atomic mass is 10.4. The molecule has 100 valence electrons. The summed E-state index contributed by atoms with van der Waals surface area (Å²) in [5, 5.41) is 0. The van der Waals surface area contributed by atoms with Gasteiger partial charge in [0.25, 0.3) is 0 Å². The van der Waals surface area contributed by atoms with Crippen molar-refractivity contribution in [1.29, 1.82) is 0 Å². The van der Waals surface area contributed by atoms with E-state index in [0.717, 1.165) is 6.42 Å². The van der Waals surface area contributed by atoms with Crippen molar-refractivity contribution in [3.8, 4) is 12.3 Å². The Kier molecular flexibility index (Phi) is 9.89. The molecule has 0 aliphatic carbocycles. The summed E-state index contributed by atoms with van der Waals surface area (Å²) in [6, 6.07) is 0. The first kappa shape index (κ1) is 16.6. The van der Waals surface area contributed by atoms with Crippen molar-refractivity contribution in [3.05, 3.63) is 11.0 Å². The normalized spacial score (nSPS) is 10.6. The first-order valence-electron chi connectivity index (χ1n) is 5.77. The molecular weight excluding hydrogens is 252 g/mol. The molecule has 0 saturated heterocycles. The van der Waals surface area contributed by atoms with Gasteiger partial charge in [0.05, 0.1) is 18.1 Å². The fourth-order valence-corrected chi connectivity index (χ4v) is 1.87. The molecule has 5 heteroatoms. The minimum atomic E-state index is -0.537. The average molecular weight is 270 g/mol. The van der Waals surface area contributed by atoms with Gasteiger partial charge in [-0.05, 0) is 26.0 Å². The standard InChI is InChI=1S/C13H18O4S/c1-4-7-8-9-18-11(13(15)17-6-3)10-12(14)16-5-2/h1,10H,5-9H2,2-3H3/b11-10+. The summed E-state index contributed by atoms with van der Waals surface area (Å²) in [7, 11) is 0. The first-order chi connectivity index (χ1) is 8.65. The number of carbonyl (C=O) groups is 2. The summed E-state index contributed by atoms with van der Waals surface area (Å²) in [5.74, 6) is 2.14. The Hall–Kier alpha value is -1.41. The Morgan fingerprint density at radius 2 is 1.94 bits per heavy atom. The predicted octanol–water partition coefficient (Wildman–Crippen LogP) is 2.14. The Bertz CT molecular complexity index is 341. The molecular formula is C13H18O4S. The molecule has 4 nitrogen and oxygen atoms in total. The van der Waals surface area contributed by atoms with Crippen LogP contribution in [-0.4, -0.2) is 30.9 Å². The quantitative estimate of drug-likeness (QED) is 0.293.